The van der Waals surface area contributed by atoms with Crippen molar-refractivity contribution in [2.24, 2.45) is 0 Å². The minimum absolute atomic E-state index is 0.0470. The molecule has 0 unspecified atom stereocenters. The molecule has 194 valence electrons. The fourth-order valence-electron chi connectivity index (χ4n) is 3.53. The van der Waals surface area contributed by atoms with Gasteiger partial charge in [-0.2, -0.15) is 5.26 Å². The topological polar surface area (TPSA) is 111 Å². The molecule has 0 atom stereocenters. The van der Waals surface area contributed by atoms with Crippen molar-refractivity contribution >= 4 is 34.7 Å². The summed E-state index contributed by atoms with van der Waals surface area (Å²) >= 11 is 6.23. The van der Waals surface area contributed by atoms with Crippen LogP contribution in [0.3, 0.4) is 0 Å². The Balaban J connectivity index is 0.00000120. The molecule has 0 aliphatic carbocycles. The number of hydrogen-bond acceptors (Lipinski definition) is 6. The van der Waals surface area contributed by atoms with Crippen molar-refractivity contribution in [3.05, 3.63) is 68.1 Å². The molecule has 0 saturated heterocycles. The zero-order valence-electron chi connectivity index (χ0n) is 20.9. The fourth-order valence-corrected chi connectivity index (χ4v) is 3.76. The van der Waals surface area contributed by atoms with Gasteiger partial charge in [0.1, 0.15) is 11.7 Å². The van der Waals surface area contributed by atoms with Gasteiger partial charge in [0.25, 0.3) is 5.56 Å². The lowest BCUT2D eigenvalue weighted by molar-refractivity contribution is 0.0697. The van der Waals surface area contributed by atoms with E-state index in [9.17, 15) is 28.7 Å². The van der Waals surface area contributed by atoms with Crippen LogP contribution in [0.2, 0.25) is 5.02 Å². The third-order valence-electron chi connectivity index (χ3n) is 5.08. The van der Waals surface area contributed by atoms with Crippen LogP contribution < -0.4 is 15.8 Å². The standard InChI is InChI=1S/C22H22ClN5O3.C2H6.CH2F2/c1-4-27(5-2)20-16(10-24)21(29)28-12-15(23)9-14(19(28)26-20)11-25-17-8-6-7-13(3)18(17)22(30)31;1-2;2-1-3/h6-9,12,25H,4-5,11H2,1-3H3,(H,30,31);1-2H3;1H2. The quantitative estimate of drug-likeness (QED) is 0.416. The smallest absolute Gasteiger partial charge is 0.338 e. The van der Waals surface area contributed by atoms with Crippen LogP contribution in [0.1, 0.15) is 54.7 Å². The lowest BCUT2D eigenvalue weighted by Gasteiger charge is -2.22. The number of nitrogens with zero attached hydrogens (tertiary/aromatic N) is 4. The van der Waals surface area contributed by atoms with Crippen LogP contribution >= 0.6 is 11.6 Å². The molecule has 0 aliphatic rings. The summed E-state index contributed by atoms with van der Waals surface area (Å²) in [4.78, 5) is 31.1. The molecule has 3 aromatic rings. The van der Waals surface area contributed by atoms with Crippen LogP contribution in [0.25, 0.3) is 5.65 Å². The Morgan fingerprint density at radius 2 is 1.89 bits per heavy atom. The number of nitriles is 1. The van der Waals surface area contributed by atoms with E-state index in [-0.39, 0.29) is 17.7 Å². The van der Waals surface area contributed by atoms with Crippen molar-refractivity contribution < 1.29 is 18.7 Å². The van der Waals surface area contributed by atoms with Crippen molar-refractivity contribution in [1.29, 1.82) is 5.26 Å². The third kappa shape index (κ3) is 6.92. The van der Waals surface area contributed by atoms with E-state index in [2.05, 4.69) is 10.3 Å². The van der Waals surface area contributed by atoms with E-state index < -0.39 is 18.5 Å². The molecule has 11 heteroatoms. The van der Waals surface area contributed by atoms with Crippen LogP contribution in [0.4, 0.5) is 20.3 Å². The summed E-state index contributed by atoms with van der Waals surface area (Å²) in [6, 6.07) is 8.81. The number of pyridine rings is 1. The van der Waals surface area contributed by atoms with E-state index in [1.807, 2.05) is 38.7 Å². The molecule has 0 saturated carbocycles. The number of aromatic carboxylic acids is 1. The average Bonchev–Trinajstić information content (AvgIpc) is 2.85. The normalized spacial score (nSPS) is 9.86. The van der Waals surface area contributed by atoms with E-state index >= 15 is 0 Å². The SMILES string of the molecule is CC.CCN(CC)c1nc2c(CNc3cccc(C)c3C(=O)O)cc(Cl)cn2c(=O)c1C#N.FCF. The van der Waals surface area contributed by atoms with E-state index in [1.54, 1.807) is 31.2 Å². The summed E-state index contributed by atoms with van der Waals surface area (Å²) in [5.41, 5.74) is 1.66. The highest BCUT2D eigenvalue weighted by Crippen LogP contribution is 2.24. The van der Waals surface area contributed by atoms with Crippen LogP contribution in [0, 0.1) is 18.3 Å². The monoisotopic (exact) mass is 521 g/mol. The average molecular weight is 522 g/mol. The van der Waals surface area contributed by atoms with Crippen molar-refractivity contribution in [3.8, 4) is 6.07 Å². The van der Waals surface area contributed by atoms with Gasteiger partial charge in [-0.05, 0) is 38.5 Å². The second-order valence-corrected chi connectivity index (χ2v) is 7.47. The Morgan fingerprint density at radius 1 is 1.28 bits per heavy atom. The number of rotatable bonds is 7. The number of alkyl halides is 2. The second kappa shape index (κ2) is 14.6. The Labute approximate surface area is 213 Å². The van der Waals surface area contributed by atoms with Gasteiger partial charge in [0.15, 0.2) is 11.4 Å². The molecule has 0 aliphatic heterocycles. The number of aryl methyl sites for hydroxylation is 1. The number of halogens is 3. The molecular weight excluding hydrogens is 492 g/mol. The largest absolute Gasteiger partial charge is 0.478 e. The summed E-state index contributed by atoms with van der Waals surface area (Å²) in [6.07, 6.45) is 1.43. The number of anilines is 2. The maximum Gasteiger partial charge on any atom is 0.338 e. The second-order valence-electron chi connectivity index (χ2n) is 7.03. The minimum atomic E-state index is -1.75. The highest BCUT2D eigenvalue weighted by Gasteiger charge is 2.19. The maximum atomic E-state index is 13.0. The summed E-state index contributed by atoms with van der Waals surface area (Å²) < 4.78 is 20.5. The van der Waals surface area contributed by atoms with Gasteiger partial charge in [-0.15, -0.1) is 0 Å². The van der Waals surface area contributed by atoms with Crippen molar-refractivity contribution in [3.63, 3.8) is 0 Å². The molecule has 3 rings (SSSR count). The number of fused-ring (bicyclic) bond motifs is 1. The third-order valence-corrected chi connectivity index (χ3v) is 5.29. The molecule has 0 amide bonds. The number of aromatic nitrogens is 2. The van der Waals surface area contributed by atoms with E-state index in [0.29, 0.717) is 46.4 Å². The summed E-state index contributed by atoms with van der Waals surface area (Å²) in [5.74, 6) is -0.712. The molecule has 8 nitrogen and oxygen atoms in total. The zero-order chi connectivity index (χ0) is 27.4. The number of carboxylic acids is 1. The first-order chi connectivity index (χ1) is 17.2. The van der Waals surface area contributed by atoms with E-state index in [1.165, 1.54) is 10.6 Å². The van der Waals surface area contributed by atoms with Crippen LogP contribution in [-0.2, 0) is 6.54 Å². The molecule has 36 heavy (non-hydrogen) atoms. The van der Waals surface area contributed by atoms with Gasteiger partial charge in [-0.1, -0.05) is 37.6 Å². The zero-order valence-corrected chi connectivity index (χ0v) is 21.7. The first kappa shape index (κ1) is 30.3. The molecule has 2 N–H and O–H groups in total. The van der Waals surface area contributed by atoms with E-state index in [0.717, 1.165) is 0 Å². The van der Waals surface area contributed by atoms with Gasteiger partial charge < -0.3 is 15.3 Å². The Bertz CT molecular complexity index is 1290. The van der Waals surface area contributed by atoms with Gasteiger partial charge in [0.2, 0.25) is 6.93 Å². The Kier molecular flexibility index (Phi) is 12.3. The van der Waals surface area contributed by atoms with Crippen molar-refractivity contribution in [2.45, 2.75) is 41.2 Å². The van der Waals surface area contributed by atoms with Gasteiger partial charge in [-0.3, -0.25) is 9.20 Å². The first-order valence-corrected chi connectivity index (χ1v) is 11.7. The lowest BCUT2D eigenvalue weighted by Crippen LogP contribution is -2.29. The highest BCUT2D eigenvalue weighted by molar-refractivity contribution is 6.30. The molecule has 0 radical (unpaired) electrons. The number of carboxylic acid groups (broad SMARTS) is 1. The summed E-state index contributed by atoms with van der Waals surface area (Å²) in [5, 5.41) is 22.5. The highest BCUT2D eigenvalue weighted by atomic mass is 35.5. The fraction of sp³-hybridized carbons (Fsp3) is 0.360. The molecule has 0 fully saturated rings. The number of hydrogen-bond donors (Lipinski definition) is 2. The Morgan fingerprint density at radius 3 is 2.42 bits per heavy atom. The van der Waals surface area contributed by atoms with Gasteiger partial charge in [0.05, 0.1) is 10.6 Å². The molecule has 0 bridgehead atoms. The van der Waals surface area contributed by atoms with Gasteiger partial charge >= 0.3 is 5.97 Å². The molecule has 1 aromatic carbocycles. The van der Waals surface area contributed by atoms with Crippen molar-refractivity contribution in [1.82, 2.24) is 9.38 Å². The molecule has 0 spiro atoms. The van der Waals surface area contributed by atoms with Gasteiger partial charge in [-0.25, -0.2) is 18.6 Å². The van der Waals surface area contributed by atoms with Crippen LogP contribution in [-0.4, -0.2) is 40.5 Å². The molecule has 2 heterocycles. The number of benzene rings is 1. The predicted molar refractivity (Wildman–Crippen MR) is 139 cm³/mol. The summed E-state index contributed by atoms with van der Waals surface area (Å²) in [7, 11) is 0. The predicted octanol–water partition coefficient (Wildman–Crippen LogP) is 5.59. The van der Waals surface area contributed by atoms with E-state index in [4.69, 9.17) is 11.6 Å². The summed E-state index contributed by atoms with van der Waals surface area (Å²) in [6.45, 7) is 9.17. The lowest BCUT2D eigenvalue weighted by atomic mass is 10.1. The molecule has 2 aromatic heterocycles. The maximum absolute atomic E-state index is 13.0. The van der Waals surface area contributed by atoms with Crippen LogP contribution in [0.5, 0.6) is 0 Å². The van der Waals surface area contributed by atoms with Gasteiger partial charge in [0, 0.05) is 37.1 Å². The van der Waals surface area contributed by atoms with Crippen molar-refractivity contribution in [2.75, 3.05) is 30.2 Å². The first-order valence-electron chi connectivity index (χ1n) is 11.3. The number of nitrogens with one attached hydrogen (secondary N) is 1. The van der Waals surface area contributed by atoms with Crippen LogP contribution in [0.15, 0.2) is 35.3 Å². The Hall–Kier alpha value is -3.71. The molecular formula is C25H30ClF2N5O3. The number of carbonyl (C=O) groups is 1. The minimum Gasteiger partial charge on any atom is -0.478 e.